The van der Waals surface area contributed by atoms with E-state index in [-0.39, 0.29) is 0 Å². The zero-order valence-electron chi connectivity index (χ0n) is 14.7. The normalized spacial score (nSPS) is 12.5. The molecule has 1 heterocycles. The molecule has 0 unspecified atom stereocenters. The van der Waals surface area contributed by atoms with E-state index in [0.717, 1.165) is 17.1 Å². The lowest BCUT2D eigenvalue weighted by Crippen LogP contribution is -2.53. The molecule has 0 aliphatic heterocycles. The molecule has 2 aromatic rings. The van der Waals surface area contributed by atoms with Crippen molar-refractivity contribution in [1.29, 1.82) is 0 Å². The molecule has 23 heavy (non-hydrogen) atoms. The first-order valence-corrected chi connectivity index (χ1v) is 7.73. The first-order chi connectivity index (χ1) is 10.5. The maximum atomic E-state index is 10.3. The summed E-state index contributed by atoms with van der Waals surface area (Å²) in [5, 5.41) is 24.8. The maximum absolute atomic E-state index is 10.3. The molecule has 0 atom stereocenters. The molecule has 0 spiro atoms. The van der Waals surface area contributed by atoms with Gasteiger partial charge in [0, 0.05) is 5.69 Å². The van der Waals surface area contributed by atoms with Gasteiger partial charge in [-0.3, -0.25) is 0 Å². The van der Waals surface area contributed by atoms with Crippen LogP contribution < -0.4 is 5.46 Å². The van der Waals surface area contributed by atoms with Gasteiger partial charge in [-0.05, 0) is 65.2 Å². The second-order valence-corrected chi connectivity index (χ2v) is 6.97. The predicted octanol–water partition coefficient (Wildman–Crippen LogP) is 1.74. The molecular formula is C17H25BN2O3. The van der Waals surface area contributed by atoms with E-state index in [2.05, 4.69) is 5.10 Å². The third kappa shape index (κ3) is 3.83. The molecule has 0 bridgehead atoms. The zero-order chi connectivity index (χ0) is 17.4. The van der Waals surface area contributed by atoms with Crippen LogP contribution in [-0.2, 0) is 4.65 Å². The molecule has 0 saturated heterocycles. The molecule has 5 nitrogen and oxygen atoms in total. The van der Waals surface area contributed by atoms with E-state index >= 15 is 0 Å². The van der Waals surface area contributed by atoms with Crippen molar-refractivity contribution in [2.45, 2.75) is 52.7 Å². The standard InChI is InChI=1S/C17H25BN2O3/c1-12-11-13(2)20(19-12)15-9-7-14(8-10-15)18(22)23-17(5,6)16(3,4)21/h7-11,21-22H,1-6H3. The highest BCUT2D eigenvalue weighted by Gasteiger charge is 2.39. The van der Waals surface area contributed by atoms with Gasteiger partial charge in [-0.25, -0.2) is 4.68 Å². The van der Waals surface area contributed by atoms with Crippen LogP contribution in [0.3, 0.4) is 0 Å². The molecule has 6 heteroatoms. The highest BCUT2D eigenvalue weighted by molar-refractivity contribution is 6.60. The molecule has 0 saturated carbocycles. The van der Waals surface area contributed by atoms with Crippen LogP contribution in [0.2, 0.25) is 0 Å². The molecule has 0 amide bonds. The monoisotopic (exact) mass is 316 g/mol. The van der Waals surface area contributed by atoms with Crippen molar-refractivity contribution in [1.82, 2.24) is 9.78 Å². The van der Waals surface area contributed by atoms with Crippen LogP contribution >= 0.6 is 0 Å². The molecule has 0 fully saturated rings. The number of hydrogen-bond donors (Lipinski definition) is 2. The van der Waals surface area contributed by atoms with Crippen LogP contribution in [0.1, 0.15) is 39.1 Å². The van der Waals surface area contributed by atoms with E-state index < -0.39 is 18.3 Å². The number of rotatable bonds is 5. The smallest absolute Gasteiger partial charge is 0.423 e. The second-order valence-electron chi connectivity index (χ2n) is 6.97. The van der Waals surface area contributed by atoms with Crippen LogP contribution in [0.4, 0.5) is 0 Å². The minimum atomic E-state index is -1.11. The molecule has 0 aliphatic rings. The summed E-state index contributed by atoms with van der Waals surface area (Å²) in [7, 11) is -1.11. The molecule has 124 valence electrons. The van der Waals surface area contributed by atoms with E-state index in [1.165, 1.54) is 0 Å². The van der Waals surface area contributed by atoms with E-state index in [1.807, 2.05) is 36.7 Å². The highest BCUT2D eigenvalue weighted by atomic mass is 16.5. The zero-order valence-corrected chi connectivity index (χ0v) is 14.7. The number of hydrogen-bond acceptors (Lipinski definition) is 4. The van der Waals surface area contributed by atoms with Gasteiger partial charge < -0.3 is 14.8 Å². The Balaban J connectivity index is 2.18. The predicted molar refractivity (Wildman–Crippen MR) is 92.1 cm³/mol. The fourth-order valence-corrected chi connectivity index (χ4v) is 2.16. The number of nitrogens with zero attached hydrogens (tertiary/aromatic N) is 2. The highest BCUT2D eigenvalue weighted by Crippen LogP contribution is 2.25. The third-order valence-electron chi connectivity index (χ3n) is 4.31. The van der Waals surface area contributed by atoms with Crippen LogP contribution in [0.5, 0.6) is 0 Å². The van der Waals surface area contributed by atoms with Gasteiger partial charge in [0.15, 0.2) is 0 Å². The summed E-state index contributed by atoms with van der Waals surface area (Å²) < 4.78 is 7.50. The van der Waals surface area contributed by atoms with Gasteiger partial charge in [0.2, 0.25) is 0 Å². The fourth-order valence-electron chi connectivity index (χ4n) is 2.16. The lowest BCUT2D eigenvalue weighted by molar-refractivity contribution is -0.0982. The van der Waals surface area contributed by atoms with Crippen molar-refractivity contribution in [3.63, 3.8) is 0 Å². The summed E-state index contributed by atoms with van der Waals surface area (Å²) in [5.74, 6) is 0. The molecule has 2 N–H and O–H groups in total. The fraction of sp³-hybridized carbons (Fsp3) is 0.471. The van der Waals surface area contributed by atoms with Gasteiger partial charge >= 0.3 is 7.12 Å². The minimum absolute atomic E-state index is 0.632. The Hall–Kier alpha value is -1.63. The summed E-state index contributed by atoms with van der Waals surface area (Å²) in [6.45, 7) is 10.8. The summed E-state index contributed by atoms with van der Waals surface area (Å²) in [4.78, 5) is 0. The lowest BCUT2D eigenvalue weighted by atomic mass is 9.76. The van der Waals surface area contributed by atoms with E-state index in [1.54, 1.807) is 39.8 Å². The van der Waals surface area contributed by atoms with E-state index in [4.69, 9.17) is 4.65 Å². The topological polar surface area (TPSA) is 67.5 Å². The van der Waals surface area contributed by atoms with Gasteiger partial charge in [0.1, 0.15) is 0 Å². The quantitative estimate of drug-likeness (QED) is 0.825. The SMILES string of the molecule is Cc1cc(C)n(-c2ccc(B(O)OC(C)(C)C(C)(C)O)cc2)n1. The first kappa shape index (κ1) is 17.7. The van der Waals surface area contributed by atoms with Gasteiger partial charge in [0.25, 0.3) is 0 Å². The third-order valence-corrected chi connectivity index (χ3v) is 4.31. The Labute approximate surface area is 138 Å². The summed E-state index contributed by atoms with van der Waals surface area (Å²) in [6, 6.07) is 9.39. The Kier molecular flexibility index (Phi) is 4.71. The summed E-state index contributed by atoms with van der Waals surface area (Å²) in [5.41, 5.74) is 1.61. The average molecular weight is 316 g/mol. The number of aliphatic hydroxyl groups is 1. The largest absolute Gasteiger partial charge is 0.491 e. The summed E-state index contributed by atoms with van der Waals surface area (Å²) >= 11 is 0. The Morgan fingerprint density at radius 3 is 2.09 bits per heavy atom. The molecule has 0 radical (unpaired) electrons. The summed E-state index contributed by atoms with van der Waals surface area (Å²) in [6.07, 6.45) is 0. The van der Waals surface area contributed by atoms with Crippen LogP contribution in [0.25, 0.3) is 5.69 Å². The van der Waals surface area contributed by atoms with E-state index in [9.17, 15) is 10.1 Å². The van der Waals surface area contributed by atoms with Gasteiger partial charge in [0.05, 0.1) is 22.6 Å². The van der Waals surface area contributed by atoms with Crippen molar-refractivity contribution in [2.24, 2.45) is 0 Å². The van der Waals surface area contributed by atoms with Crippen LogP contribution in [0, 0.1) is 13.8 Å². The van der Waals surface area contributed by atoms with Crippen molar-refractivity contribution in [2.75, 3.05) is 0 Å². The molecule has 0 aliphatic carbocycles. The van der Waals surface area contributed by atoms with Gasteiger partial charge in [-0.15, -0.1) is 0 Å². The van der Waals surface area contributed by atoms with Gasteiger partial charge in [-0.1, -0.05) is 12.1 Å². The number of aromatic nitrogens is 2. The van der Waals surface area contributed by atoms with Crippen molar-refractivity contribution in [3.8, 4) is 5.69 Å². The Morgan fingerprint density at radius 1 is 1.09 bits per heavy atom. The van der Waals surface area contributed by atoms with Crippen molar-refractivity contribution >= 4 is 12.6 Å². The van der Waals surface area contributed by atoms with Crippen molar-refractivity contribution in [3.05, 3.63) is 41.7 Å². The minimum Gasteiger partial charge on any atom is -0.423 e. The second kappa shape index (κ2) is 6.11. The van der Waals surface area contributed by atoms with E-state index in [0.29, 0.717) is 5.46 Å². The molecule has 1 aromatic carbocycles. The number of benzene rings is 1. The Morgan fingerprint density at radius 2 is 1.65 bits per heavy atom. The Bertz CT molecular complexity index is 672. The molecular weight excluding hydrogens is 291 g/mol. The van der Waals surface area contributed by atoms with Crippen LogP contribution in [0.15, 0.2) is 30.3 Å². The van der Waals surface area contributed by atoms with Crippen LogP contribution in [-0.4, -0.2) is 38.2 Å². The first-order valence-electron chi connectivity index (χ1n) is 7.73. The molecule has 1 aromatic heterocycles. The van der Waals surface area contributed by atoms with Crippen molar-refractivity contribution < 1.29 is 14.8 Å². The average Bonchev–Trinajstić information content (AvgIpc) is 2.76. The number of aryl methyl sites for hydroxylation is 2. The lowest BCUT2D eigenvalue weighted by Gasteiger charge is -2.38. The van der Waals surface area contributed by atoms with Gasteiger partial charge in [-0.2, -0.15) is 5.10 Å². The molecule has 2 rings (SSSR count). The maximum Gasteiger partial charge on any atom is 0.491 e.